The van der Waals surface area contributed by atoms with Crippen molar-refractivity contribution in [1.82, 2.24) is 10.2 Å². The van der Waals surface area contributed by atoms with E-state index in [1.165, 1.54) is 0 Å². The summed E-state index contributed by atoms with van der Waals surface area (Å²) in [6.07, 6.45) is -2.65. The van der Waals surface area contributed by atoms with Gasteiger partial charge < -0.3 is 20.6 Å². The zero-order valence-electron chi connectivity index (χ0n) is 13.6. The highest BCUT2D eigenvalue weighted by Crippen LogP contribution is 2.31. The van der Waals surface area contributed by atoms with Gasteiger partial charge in [-0.1, -0.05) is 0 Å². The van der Waals surface area contributed by atoms with E-state index in [9.17, 15) is 27.5 Å². The number of aliphatic hydroxyl groups excluding tert-OH is 1. The Morgan fingerprint density at radius 2 is 2.08 bits per heavy atom. The Bertz CT molecular complexity index is 595. The van der Waals surface area contributed by atoms with E-state index in [2.05, 4.69) is 15.5 Å². The lowest BCUT2D eigenvalue weighted by Crippen LogP contribution is -2.40. The molecule has 1 aromatic carbocycles. The summed E-state index contributed by atoms with van der Waals surface area (Å²) in [6, 6.07) is 1.18. The number of rotatable bonds is 5. The van der Waals surface area contributed by atoms with Crippen LogP contribution < -0.4 is 10.6 Å². The number of alkyl halides is 3. The van der Waals surface area contributed by atoms with Gasteiger partial charge in [0, 0.05) is 18.8 Å². The van der Waals surface area contributed by atoms with Crippen LogP contribution in [0.1, 0.15) is 24.8 Å². The highest BCUT2D eigenvalue weighted by atomic mass is 19.4. The minimum Gasteiger partial charge on any atom is -0.392 e. The number of β-amino-alcohol motifs (C(OH)–C–C–N with tert-alkyl or cyclic N) is 1. The Morgan fingerprint density at radius 3 is 2.76 bits per heavy atom. The Balaban J connectivity index is 1.76. The van der Waals surface area contributed by atoms with E-state index in [-0.39, 0.29) is 11.8 Å². The molecule has 0 saturated carbocycles. The fourth-order valence-electron chi connectivity index (χ4n) is 2.74. The molecular formula is C16H21F4N3O2. The second-order valence-electron chi connectivity index (χ2n) is 6.06. The summed E-state index contributed by atoms with van der Waals surface area (Å²) in [5.74, 6) is -1.08. The number of halogens is 4. The van der Waals surface area contributed by atoms with Gasteiger partial charge in [0.1, 0.15) is 5.82 Å². The fraction of sp³-hybridized carbons (Fsp3) is 0.562. The number of likely N-dealkylation sites (tertiary alicyclic amines) is 1. The van der Waals surface area contributed by atoms with Gasteiger partial charge >= 0.3 is 12.2 Å². The van der Waals surface area contributed by atoms with Crippen LogP contribution in [0.5, 0.6) is 0 Å². The molecule has 1 saturated heterocycles. The van der Waals surface area contributed by atoms with Gasteiger partial charge in [0.25, 0.3) is 0 Å². The summed E-state index contributed by atoms with van der Waals surface area (Å²) in [7, 11) is 0. The molecule has 9 heteroatoms. The SMILES string of the molecule is O=C(NCCCN1CCCC(O)C1)Nc1cc(F)cc(C(F)(F)F)c1. The lowest BCUT2D eigenvalue weighted by molar-refractivity contribution is -0.137. The van der Waals surface area contributed by atoms with E-state index in [4.69, 9.17) is 0 Å². The lowest BCUT2D eigenvalue weighted by Gasteiger charge is -2.29. The molecule has 5 nitrogen and oxygen atoms in total. The second kappa shape index (κ2) is 8.48. The number of urea groups is 1. The molecule has 25 heavy (non-hydrogen) atoms. The van der Waals surface area contributed by atoms with Crippen LogP contribution in [0.4, 0.5) is 28.0 Å². The molecule has 1 aliphatic rings. The van der Waals surface area contributed by atoms with E-state index < -0.39 is 23.6 Å². The zero-order chi connectivity index (χ0) is 18.4. The van der Waals surface area contributed by atoms with Gasteiger partial charge in [-0.15, -0.1) is 0 Å². The number of aliphatic hydroxyl groups is 1. The van der Waals surface area contributed by atoms with Gasteiger partial charge in [0.15, 0.2) is 0 Å². The first-order valence-electron chi connectivity index (χ1n) is 8.07. The number of benzene rings is 1. The topological polar surface area (TPSA) is 64.6 Å². The standard InChI is InChI=1S/C16H21F4N3O2/c17-12-7-11(16(18,19)20)8-13(9-12)22-15(25)21-4-2-6-23-5-1-3-14(24)10-23/h7-9,14,24H,1-6,10H2,(H2,21,22,25). The smallest absolute Gasteiger partial charge is 0.392 e. The average molecular weight is 363 g/mol. The van der Waals surface area contributed by atoms with Crippen molar-refractivity contribution in [3.63, 3.8) is 0 Å². The van der Waals surface area contributed by atoms with Crippen LogP contribution in [0.3, 0.4) is 0 Å². The van der Waals surface area contributed by atoms with Crippen LogP contribution in [0.2, 0.25) is 0 Å². The van der Waals surface area contributed by atoms with Gasteiger partial charge in [0.2, 0.25) is 0 Å². The molecule has 2 rings (SSSR count). The molecule has 1 unspecified atom stereocenters. The third-order valence-corrected chi connectivity index (χ3v) is 3.90. The van der Waals surface area contributed by atoms with Crippen molar-refractivity contribution in [2.75, 3.05) is 31.5 Å². The van der Waals surface area contributed by atoms with Crippen molar-refractivity contribution in [3.05, 3.63) is 29.6 Å². The molecule has 1 heterocycles. The molecule has 0 aliphatic carbocycles. The third-order valence-electron chi connectivity index (χ3n) is 3.90. The number of carbonyl (C=O) groups is 1. The number of carbonyl (C=O) groups excluding carboxylic acids is 1. The molecule has 0 radical (unpaired) electrons. The number of anilines is 1. The van der Waals surface area contributed by atoms with Gasteiger partial charge in [-0.3, -0.25) is 0 Å². The van der Waals surface area contributed by atoms with E-state index in [1.807, 2.05) is 0 Å². The number of piperidine rings is 1. The van der Waals surface area contributed by atoms with Crippen molar-refractivity contribution in [3.8, 4) is 0 Å². The molecule has 0 spiro atoms. The van der Waals surface area contributed by atoms with Crippen molar-refractivity contribution < 1.29 is 27.5 Å². The van der Waals surface area contributed by atoms with Crippen LogP contribution in [-0.4, -0.2) is 48.3 Å². The van der Waals surface area contributed by atoms with Crippen LogP contribution in [-0.2, 0) is 6.18 Å². The predicted octanol–water partition coefficient (Wildman–Crippen LogP) is 2.81. The Morgan fingerprint density at radius 1 is 1.32 bits per heavy atom. The molecule has 3 N–H and O–H groups in total. The fourth-order valence-corrected chi connectivity index (χ4v) is 2.74. The van der Waals surface area contributed by atoms with Gasteiger partial charge in [-0.25, -0.2) is 9.18 Å². The first kappa shape index (κ1) is 19.5. The Kier molecular flexibility index (Phi) is 6.60. The van der Waals surface area contributed by atoms with Crippen molar-refractivity contribution in [1.29, 1.82) is 0 Å². The molecule has 0 aromatic heterocycles. The van der Waals surface area contributed by atoms with Crippen molar-refractivity contribution in [2.24, 2.45) is 0 Å². The maximum atomic E-state index is 13.3. The molecule has 2 amide bonds. The first-order valence-corrected chi connectivity index (χ1v) is 8.07. The quantitative estimate of drug-likeness (QED) is 0.557. The highest BCUT2D eigenvalue weighted by Gasteiger charge is 2.31. The average Bonchev–Trinajstić information content (AvgIpc) is 2.50. The Hall–Kier alpha value is -1.87. The maximum Gasteiger partial charge on any atom is 0.416 e. The van der Waals surface area contributed by atoms with E-state index in [0.29, 0.717) is 38.2 Å². The number of amides is 2. The molecular weight excluding hydrogens is 342 g/mol. The predicted molar refractivity (Wildman–Crippen MR) is 84.7 cm³/mol. The first-order chi connectivity index (χ1) is 11.7. The summed E-state index contributed by atoms with van der Waals surface area (Å²) in [5.41, 5.74) is -1.42. The largest absolute Gasteiger partial charge is 0.416 e. The maximum absolute atomic E-state index is 13.3. The molecule has 1 fully saturated rings. The van der Waals surface area contributed by atoms with Crippen molar-refractivity contribution in [2.45, 2.75) is 31.5 Å². The number of hydrogen-bond donors (Lipinski definition) is 3. The van der Waals surface area contributed by atoms with Crippen LogP contribution >= 0.6 is 0 Å². The minimum atomic E-state index is -4.69. The number of hydrogen-bond acceptors (Lipinski definition) is 3. The van der Waals surface area contributed by atoms with E-state index >= 15 is 0 Å². The molecule has 1 atom stereocenters. The van der Waals surface area contributed by atoms with Gasteiger partial charge in [0.05, 0.1) is 11.7 Å². The van der Waals surface area contributed by atoms with Gasteiger partial charge in [-0.05, 0) is 50.6 Å². The van der Waals surface area contributed by atoms with Crippen LogP contribution in [0.25, 0.3) is 0 Å². The second-order valence-corrected chi connectivity index (χ2v) is 6.06. The number of nitrogens with zero attached hydrogens (tertiary/aromatic N) is 1. The summed E-state index contributed by atoms with van der Waals surface area (Å²) in [5, 5.41) is 14.3. The summed E-state index contributed by atoms with van der Waals surface area (Å²) < 4.78 is 51.1. The van der Waals surface area contributed by atoms with Crippen LogP contribution in [0, 0.1) is 5.82 Å². The lowest BCUT2D eigenvalue weighted by atomic mass is 10.1. The van der Waals surface area contributed by atoms with E-state index in [1.54, 1.807) is 0 Å². The Labute approximate surface area is 143 Å². The van der Waals surface area contributed by atoms with Crippen molar-refractivity contribution >= 4 is 11.7 Å². The molecule has 1 aromatic rings. The molecule has 140 valence electrons. The normalized spacial score (nSPS) is 18.8. The summed E-state index contributed by atoms with van der Waals surface area (Å²) >= 11 is 0. The van der Waals surface area contributed by atoms with Crippen LogP contribution in [0.15, 0.2) is 18.2 Å². The monoisotopic (exact) mass is 363 g/mol. The van der Waals surface area contributed by atoms with E-state index in [0.717, 1.165) is 25.5 Å². The third kappa shape index (κ3) is 6.50. The zero-order valence-corrected chi connectivity index (χ0v) is 13.6. The number of nitrogens with one attached hydrogen (secondary N) is 2. The molecule has 1 aliphatic heterocycles. The molecule has 0 bridgehead atoms. The summed E-state index contributed by atoms with van der Waals surface area (Å²) in [6.45, 7) is 2.53. The highest BCUT2D eigenvalue weighted by molar-refractivity contribution is 5.89. The van der Waals surface area contributed by atoms with Gasteiger partial charge in [-0.2, -0.15) is 13.2 Å². The minimum absolute atomic E-state index is 0.260. The summed E-state index contributed by atoms with van der Waals surface area (Å²) in [4.78, 5) is 13.8.